The highest BCUT2D eigenvalue weighted by atomic mass is 32.1. The van der Waals surface area contributed by atoms with Crippen LogP contribution < -0.4 is 0 Å². The molecule has 6 heteroatoms. The van der Waals surface area contributed by atoms with Crippen molar-refractivity contribution in [1.29, 1.82) is 0 Å². The third kappa shape index (κ3) is 5.67. The van der Waals surface area contributed by atoms with Gasteiger partial charge >= 0.3 is 0 Å². The predicted octanol–water partition coefficient (Wildman–Crippen LogP) is 19.4. The standard InChI is InChI=1S/C62H44S6/c1-33-7-18-40(19-8-33)61(41-20-9-34(2)10-21-41)47-31-46-48(30-45(47)56-54(61)44-26-17-39(29-51(44)65-56)49-27-15-37(5)63-49)62(42-22-11-35(3)12-23-42,43-24-13-36(4)14-25-43)55-57(46)68-60-58-53(67-59(55)60)32-52(66-58)50-28-16-38(6)64-50/h7-32H,1-6H3. The van der Waals surface area contributed by atoms with Crippen LogP contribution in [0.15, 0.2) is 158 Å². The van der Waals surface area contributed by atoms with Gasteiger partial charge in [-0.05, 0) is 151 Å². The van der Waals surface area contributed by atoms with Gasteiger partial charge in [0.15, 0.2) is 0 Å². The quantitative estimate of drug-likeness (QED) is 0.156. The zero-order valence-corrected chi connectivity index (χ0v) is 43.4. The molecule has 2 aliphatic carbocycles. The topological polar surface area (TPSA) is 0 Å². The van der Waals surface area contributed by atoms with Crippen molar-refractivity contribution in [2.45, 2.75) is 52.4 Å². The molecule has 0 radical (unpaired) electrons. The van der Waals surface area contributed by atoms with Crippen LogP contribution in [0.25, 0.3) is 70.0 Å². The second kappa shape index (κ2) is 14.9. The molecule has 12 aromatic rings. The highest BCUT2D eigenvalue weighted by molar-refractivity contribution is 7.41. The first kappa shape index (κ1) is 41.3. The largest absolute Gasteiger partial charge is 0.141 e. The number of thiophene rings is 6. The summed E-state index contributed by atoms with van der Waals surface area (Å²) in [5.74, 6) is 0. The maximum absolute atomic E-state index is 2.68. The lowest BCUT2D eigenvalue weighted by atomic mass is 9.65. The first-order chi connectivity index (χ1) is 33.1. The Balaban J connectivity index is 1.13. The van der Waals surface area contributed by atoms with Gasteiger partial charge in [0.05, 0.1) is 24.9 Å². The highest BCUT2D eigenvalue weighted by Crippen LogP contribution is 2.68. The predicted molar refractivity (Wildman–Crippen MR) is 300 cm³/mol. The molecule has 0 fully saturated rings. The Morgan fingerprint density at radius 3 is 1.31 bits per heavy atom. The van der Waals surface area contributed by atoms with E-state index in [0.717, 1.165) is 0 Å². The van der Waals surface area contributed by atoms with Gasteiger partial charge in [0.2, 0.25) is 0 Å². The van der Waals surface area contributed by atoms with Crippen LogP contribution in [0.1, 0.15) is 76.5 Å². The molecule has 328 valence electrons. The lowest BCUT2D eigenvalue weighted by Gasteiger charge is -2.36. The maximum Gasteiger partial charge on any atom is 0.0736 e. The van der Waals surface area contributed by atoms with Crippen LogP contribution in [-0.4, -0.2) is 0 Å². The molecule has 0 unspecified atom stereocenters. The molecule has 0 saturated carbocycles. The summed E-state index contributed by atoms with van der Waals surface area (Å²) >= 11 is 11.8. The van der Waals surface area contributed by atoms with Gasteiger partial charge in [-0.3, -0.25) is 0 Å². The maximum atomic E-state index is 2.68. The summed E-state index contributed by atoms with van der Waals surface area (Å²) in [4.78, 5) is 9.55. The minimum absolute atomic E-state index is 0.542. The van der Waals surface area contributed by atoms with Crippen molar-refractivity contribution in [2.24, 2.45) is 0 Å². The Bertz CT molecular complexity index is 3910. The van der Waals surface area contributed by atoms with Gasteiger partial charge in [0.25, 0.3) is 0 Å². The van der Waals surface area contributed by atoms with Gasteiger partial charge in [-0.15, -0.1) is 68.0 Å². The van der Waals surface area contributed by atoms with E-state index in [9.17, 15) is 0 Å². The molecule has 0 amide bonds. The van der Waals surface area contributed by atoms with E-state index in [0.29, 0.717) is 0 Å². The van der Waals surface area contributed by atoms with E-state index in [1.807, 2.05) is 68.0 Å². The smallest absolute Gasteiger partial charge is 0.0736 e. The van der Waals surface area contributed by atoms with E-state index in [1.165, 1.54) is 146 Å². The molecule has 0 nitrogen and oxygen atoms in total. The van der Waals surface area contributed by atoms with Gasteiger partial charge in [-0.2, -0.15) is 0 Å². The van der Waals surface area contributed by atoms with Gasteiger partial charge in [0.1, 0.15) is 0 Å². The van der Waals surface area contributed by atoms with Gasteiger partial charge in [0, 0.05) is 49.1 Å². The fraction of sp³-hybridized carbons (Fsp3) is 0.129. The molecular weight excluding hydrogens is 937 g/mol. The average molecular weight is 981 g/mol. The molecule has 0 aliphatic heterocycles. The van der Waals surface area contributed by atoms with E-state index in [-0.39, 0.29) is 0 Å². The number of fused-ring (bicyclic) bond motifs is 12. The van der Waals surface area contributed by atoms with Gasteiger partial charge in [-0.25, -0.2) is 0 Å². The van der Waals surface area contributed by atoms with Crippen molar-refractivity contribution in [2.75, 3.05) is 0 Å². The van der Waals surface area contributed by atoms with E-state index < -0.39 is 10.8 Å². The molecule has 0 spiro atoms. The van der Waals surface area contributed by atoms with E-state index in [2.05, 4.69) is 199 Å². The third-order valence-electron chi connectivity index (χ3n) is 14.8. The van der Waals surface area contributed by atoms with Crippen LogP contribution >= 0.6 is 68.0 Å². The number of benzene rings is 6. The molecule has 14 rings (SSSR count). The van der Waals surface area contributed by atoms with Crippen molar-refractivity contribution < 1.29 is 0 Å². The van der Waals surface area contributed by atoms with Crippen LogP contribution in [0.5, 0.6) is 0 Å². The molecule has 0 bridgehead atoms. The van der Waals surface area contributed by atoms with E-state index in [1.54, 1.807) is 0 Å². The van der Waals surface area contributed by atoms with Crippen LogP contribution in [0.4, 0.5) is 0 Å². The molecular formula is C62H44S6. The fourth-order valence-corrected chi connectivity index (χ4v) is 19.2. The Labute approximate surface area is 421 Å². The summed E-state index contributed by atoms with van der Waals surface area (Å²) in [6.45, 7) is 13.3. The summed E-state index contributed by atoms with van der Waals surface area (Å²) in [6, 6.07) is 62.2. The van der Waals surface area contributed by atoms with E-state index >= 15 is 0 Å². The lowest BCUT2D eigenvalue weighted by Crippen LogP contribution is -2.30. The molecule has 0 atom stereocenters. The van der Waals surface area contributed by atoms with Crippen molar-refractivity contribution in [3.63, 3.8) is 0 Å². The molecule has 0 N–H and O–H groups in total. The first-order valence-corrected chi connectivity index (χ1v) is 28.2. The molecule has 0 saturated heterocycles. The highest BCUT2D eigenvalue weighted by Gasteiger charge is 2.54. The summed E-state index contributed by atoms with van der Waals surface area (Å²) < 4.78 is 7.02. The second-order valence-corrected chi connectivity index (χ2v) is 25.9. The van der Waals surface area contributed by atoms with Crippen molar-refractivity contribution in [1.82, 2.24) is 0 Å². The Kier molecular flexibility index (Phi) is 9.05. The number of rotatable bonds is 6. The summed E-state index contributed by atoms with van der Waals surface area (Å²) in [5, 5.41) is 1.34. The fourth-order valence-electron chi connectivity index (χ4n) is 11.6. The third-order valence-corrected chi connectivity index (χ3v) is 22.2. The first-order valence-electron chi connectivity index (χ1n) is 23.3. The normalized spacial score (nSPS) is 14.3. The molecule has 6 heterocycles. The molecule has 6 aromatic heterocycles. The Morgan fingerprint density at radius 2 is 0.809 bits per heavy atom. The second-order valence-electron chi connectivity index (χ2n) is 19.1. The van der Waals surface area contributed by atoms with Gasteiger partial charge < -0.3 is 0 Å². The molecule has 68 heavy (non-hydrogen) atoms. The SMILES string of the molecule is Cc1ccc(C2(c3ccc(C)cc3)c3cc4c(cc3-c3sc5cc(-c6ccc(C)s6)ccc5c32)C(c2ccc(C)cc2)(c2ccc(C)cc2)c2c-4sc3c2sc2cc(-c4ccc(C)s4)sc23)cc1. The van der Waals surface area contributed by atoms with Crippen LogP contribution in [-0.2, 0) is 10.8 Å². The average Bonchev–Trinajstić information content (AvgIpc) is 4.22. The Morgan fingerprint density at radius 1 is 0.324 bits per heavy atom. The minimum Gasteiger partial charge on any atom is -0.141 e. The lowest BCUT2D eigenvalue weighted by molar-refractivity contribution is 0.766. The number of aryl methyl sites for hydroxylation is 6. The van der Waals surface area contributed by atoms with Crippen molar-refractivity contribution >= 4 is 96.9 Å². The van der Waals surface area contributed by atoms with Crippen LogP contribution in [0.3, 0.4) is 0 Å². The molecule has 6 aromatic carbocycles. The summed E-state index contributed by atoms with van der Waals surface area (Å²) in [7, 11) is 0. The van der Waals surface area contributed by atoms with Crippen LogP contribution in [0.2, 0.25) is 0 Å². The summed E-state index contributed by atoms with van der Waals surface area (Å²) in [5.41, 5.74) is 18.9. The Hall–Kier alpha value is -5.70. The van der Waals surface area contributed by atoms with E-state index in [4.69, 9.17) is 0 Å². The monoisotopic (exact) mass is 980 g/mol. The van der Waals surface area contributed by atoms with Crippen molar-refractivity contribution in [3.05, 3.63) is 234 Å². The zero-order valence-electron chi connectivity index (χ0n) is 38.5. The molecule has 2 aliphatic rings. The van der Waals surface area contributed by atoms with Crippen LogP contribution in [0, 0.1) is 41.5 Å². The minimum atomic E-state index is -0.553. The number of hydrogen-bond donors (Lipinski definition) is 0. The van der Waals surface area contributed by atoms with Gasteiger partial charge in [-0.1, -0.05) is 131 Å². The zero-order chi connectivity index (χ0) is 45.8. The summed E-state index contributed by atoms with van der Waals surface area (Å²) in [6.07, 6.45) is 0. The number of hydrogen-bond acceptors (Lipinski definition) is 6. The van der Waals surface area contributed by atoms with Crippen molar-refractivity contribution in [3.8, 4) is 41.1 Å².